The SMILES string of the molecule is O.O.O.O.O.O.O.O.O.O.O.O.O.[C+]#CC#CC#[C-].[Ce].[Ce]. The van der Waals surface area contributed by atoms with E-state index in [9.17, 15) is 0 Å². The Labute approximate surface area is 189 Å². The Hall–Kier alpha value is 1.13. The Morgan fingerprint density at radius 3 is 0.714 bits per heavy atom. The summed E-state index contributed by atoms with van der Waals surface area (Å²) in [7, 11) is 0. The molecule has 0 aromatic rings. The third kappa shape index (κ3) is 453. The molecule has 0 heterocycles. The molecule has 0 unspecified atom stereocenters. The molecule has 0 aliphatic rings. The molecule has 0 aliphatic heterocycles. The Morgan fingerprint density at radius 1 is 0.476 bits per heavy atom. The van der Waals surface area contributed by atoms with Gasteiger partial charge in [0.1, 0.15) is 0 Å². The Bertz CT molecular complexity index is 160. The third-order valence-electron chi connectivity index (χ3n) is 0.188. The minimum atomic E-state index is 0. The van der Waals surface area contributed by atoms with Crippen molar-refractivity contribution in [3.05, 3.63) is 12.8 Å². The van der Waals surface area contributed by atoms with Crippen molar-refractivity contribution in [3.8, 4) is 23.7 Å². The predicted molar refractivity (Wildman–Crippen MR) is 69.0 cm³/mol. The minimum absolute atomic E-state index is 0. The molecule has 26 N–H and O–H groups in total. The summed E-state index contributed by atoms with van der Waals surface area (Å²) < 4.78 is 0. The van der Waals surface area contributed by atoms with Crippen molar-refractivity contribution in [3.63, 3.8) is 0 Å². The van der Waals surface area contributed by atoms with Gasteiger partial charge in [0.15, 0.2) is 0 Å². The largest absolute Gasteiger partial charge is 0 e. The number of rotatable bonds is 0. The number of hydrogen-bond acceptors (Lipinski definition) is 0. The van der Waals surface area contributed by atoms with Gasteiger partial charge in [0.25, 0.3) is 0 Å². The van der Waals surface area contributed by atoms with Crippen molar-refractivity contribution in [2.24, 2.45) is 0 Å². The molecule has 0 rings (SSSR count). The second kappa shape index (κ2) is 325. The minimum Gasteiger partial charge on any atom is 0 e. The van der Waals surface area contributed by atoms with Crippen molar-refractivity contribution in [2.75, 3.05) is 0 Å². The van der Waals surface area contributed by atoms with Crippen molar-refractivity contribution < 1.29 is 155 Å². The van der Waals surface area contributed by atoms with Gasteiger partial charge in [-0.2, -0.15) is 0 Å². The molecule has 0 amide bonds. The number of hydrogen-bond donors (Lipinski definition) is 0. The fourth-order valence-electron chi connectivity index (χ4n) is 0.0625. The molecule has 0 aliphatic carbocycles. The monoisotopic (exact) mass is 586 g/mol. The van der Waals surface area contributed by atoms with E-state index in [1.807, 2.05) is 0 Å². The molecule has 0 aromatic heterocycles. The molecule has 13 nitrogen and oxygen atoms in total. The maximum Gasteiger partial charge on any atom is 0 e. The van der Waals surface area contributed by atoms with Gasteiger partial charge in [-0.1, -0.05) is 0 Å². The van der Waals surface area contributed by atoms with Crippen molar-refractivity contribution in [1.29, 1.82) is 0 Å². The molecule has 21 heavy (non-hydrogen) atoms. The smallest absolute Gasteiger partial charge is 0 e. The summed E-state index contributed by atoms with van der Waals surface area (Å²) >= 11 is 0. The first kappa shape index (κ1) is 263. The van der Waals surface area contributed by atoms with Gasteiger partial charge in [-0.05, 0) is 0 Å². The van der Waals surface area contributed by atoms with E-state index in [2.05, 4.69) is 11.8 Å². The van der Waals surface area contributed by atoms with Crippen molar-refractivity contribution in [2.45, 2.75) is 0 Å². The zero-order chi connectivity index (χ0) is 4.83. The van der Waals surface area contributed by atoms with E-state index in [0.29, 0.717) is 0 Å². The average Bonchev–Trinajstić information content (AvgIpc) is 1.61. The quantitative estimate of drug-likeness (QED) is 0.188. The Balaban J connectivity index is -0.00000000119. The summed E-state index contributed by atoms with van der Waals surface area (Å²) in [5, 5.41) is 0. The van der Waals surface area contributed by atoms with Crippen LogP contribution in [-0.4, -0.2) is 71.2 Å². The molecule has 0 aromatic carbocycles. The molecule has 0 atom stereocenters. The van der Waals surface area contributed by atoms with Crippen LogP contribution in [0.2, 0.25) is 0 Å². The fourth-order valence-corrected chi connectivity index (χ4v) is 0.0625. The average molecular weight is 586 g/mol. The van der Waals surface area contributed by atoms with Crippen molar-refractivity contribution in [1.82, 2.24) is 0 Å². The van der Waals surface area contributed by atoms with E-state index in [0.717, 1.165) is 0 Å². The molecule has 0 saturated carbocycles. The van der Waals surface area contributed by atoms with Crippen LogP contribution >= 0.6 is 0 Å². The summed E-state index contributed by atoms with van der Waals surface area (Å²) in [6.07, 6.45) is 12.3. The second-order valence-electron chi connectivity index (χ2n) is 0.500. The van der Waals surface area contributed by atoms with E-state index in [-0.39, 0.29) is 155 Å². The van der Waals surface area contributed by atoms with E-state index in [4.69, 9.17) is 12.8 Å². The normalized spacial score (nSPS) is 1.00. The van der Waals surface area contributed by atoms with Crippen LogP contribution in [0.25, 0.3) is 0 Å². The second-order valence-corrected chi connectivity index (χ2v) is 0.500. The van der Waals surface area contributed by atoms with Crippen LogP contribution in [-0.2, 0) is 0 Å². The summed E-state index contributed by atoms with van der Waals surface area (Å²) in [5.74, 6) is 7.68. The molecule has 0 fully saturated rings. The summed E-state index contributed by atoms with van der Waals surface area (Å²) in [6, 6.07) is 0. The van der Waals surface area contributed by atoms with E-state index in [1.165, 1.54) is 0 Å². The van der Waals surface area contributed by atoms with Crippen LogP contribution in [0, 0.1) is 120 Å². The first-order valence-electron chi connectivity index (χ1n) is 1.25. The standard InChI is InChI=1S/C6.2Ce.13H2O/c1-3-5-6-4-2;;;;;;;;;;;;;;;/h;;;13*1H2. The molecule has 136 valence electrons. The molecular formula is C6H26Ce2O13. The van der Waals surface area contributed by atoms with Gasteiger partial charge in [-0.15, -0.1) is 0 Å². The molecule has 0 bridgehead atoms. The summed E-state index contributed by atoms with van der Waals surface area (Å²) in [6.45, 7) is 0. The van der Waals surface area contributed by atoms with Crippen LogP contribution in [0.4, 0.5) is 0 Å². The molecule has 15 heteroatoms. The third-order valence-corrected chi connectivity index (χ3v) is 0.188. The van der Waals surface area contributed by atoms with Gasteiger partial charge in [-0.3, -0.25) is 0 Å². The van der Waals surface area contributed by atoms with E-state index >= 15 is 0 Å². The maximum atomic E-state index is 6.16. The molecule has 0 spiro atoms. The van der Waals surface area contributed by atoms with Gasteiger partial charge in [0.2, 0.25) is 0 Å². The van der Waals surface area contributed by atoms with Crippen LogP contribution in [0.5, 0.6) is 0 Å². The first-order valence-corrected chi connectivity index (χ1v) is 1.25. The molecular weight excluding hydrogens is 560 g/mol. The fraction of sp³-hybridized carbons (Fsp3) is 0. The Kier molecular flexibility index (Phi) is 4070. The first-order chi connectivity index (χ1) is 2.91. The Morgan fingerprint density at radius 2 is 0.667 bits per heavy atom. The predicted octanol–water partition coefficient (Wildman–Crippen LogP) is -10.6. The van der Waals surface area contributed by atoms with E-state index in [1.54, 1.807) is 11.8 Å². The van der Waals surface area contributed by atoms with Gasteiger partial charge < -0.3 is 71.2 Å². The van der Waals surface area contributed by atoms with Crippen LogP contribution in [0.1, 0.15) is 0 Å². The van der Waals surface area contributed by atoms with Crippen molar-refractivity contribution >= 4 is 0 Å². The summed E-state index contributed by atoms with van der Waals surface area (Å²) in [4.78, 5) is 0. The van der Waals surface area contributed by atoms with E-state index < -0.39 is 0 Å². The van der Waals surface area contributed by atoms with Gasteiger partial charge >= 0.3 is 36.5 Å². The summed E-state index contributed by atoms with van der Waals surface area (Å²) in [5.41, 5.74) is 0. The van der Waals surface area contributed by atoms with Gasteiger partial charge in [0.05, 0.1) is 0 Å². The van der Waals surface area contributed by atoms with Crippen LogP contribution in [0.3, 0.4) is 0 Å². The van der Waals surface area contributed by atoms with Crippen LogP contribution in [0.15, 0.2) is 0 Å². The zero-order valence-corrected chi connectivity index (χ0v) is 16.8. The van der Waals surface area contributed by atoms with Gasteiger partial charge in [-0.25, -0.2) is 0 Å². The van der Waals surface area contributed by atoms with Gasteiger partial charge in [0, 0.05) is 83.5 Å². The topological polar surface area (TPSA) is 410 Å². The molecule has 0 saturated heterocycles. The zero-order valence-electron chi connectivity index (χ0n) is 10.5. The maximum absolute atomic E-state index is 6.16. The molecule has 0 radical (unpaired) electrons. The van der Waals surface area contributed by atoms with Crippen LogP contribution < -0.4 is 0 Å².